The minimum Gasteiger partial charge on any atom is -0.356 e. The Morgan fingerprint density at radius 2 is 2.00 bits per heavy atom. The number of thioether (sulfide) groups is 1. The molecule has 1 aromatic heterocycles. The average Bonchev–Trinajstić information content (AvgIpc) is 2.71. The first kappa shape index (κ1) is 21.7. The summed E-state index contributed by atoms with van der Waals surface area (Å²) in [6, 6.07) is 2.49. The molecule has 0 saturated carbocycles. The second kappa shape index (κ2) is 11.2. The van der Waals surface area contributed by atoms with E-state index in [-0.39, 0.29) is 5.91 Å². The number of carbonyl (C=O) groups excluding carboxylic acids is 1. The van der Waals surface area contributed by atoms with Crippen molar-refractivity contribution in [1.29, 1.82) is 0 Å². The SMILES string of the molecule is CC1CCCCN1CCCNC(=O)CSc1nc(Cl)cc(N2CCCCC2)n1. The lowest BCUT2D eigenvalue weighted by molar-refractivity contribution is -0.118. The number of piperidine rings is 2. The van der Waals surface area contributed by atoms with Crippen LogP contribution in [-0.4, -0.2) is 65.3 Å². The fraction of sp³-hybridized carbons (Fsp3) is 0.750. The summed E-state index contributed by atoms with van der Waals surface area (Å²) < 4.78 is 0. The lowest BCUT2D eigenvalue weighted by Gasteiger charge is -2.33. The maximum atomic E-state index is 12.2. The van der Waals surface area contributed by atoms with Crippen LogP contribution in [0.2, 0.25) is 5.15 Å². The molecule has 1 N–H and O–H groups in total. The molecule has 1 aromatic rings. The molecule has 8 heteroatoms. The largest absolute Gasteiger partial charge is 0.356 e. The molecule has 6 nitrogen and oxygen atoms in total. The molecule has 0 bridgehead atoms. The molecule has 2 aliphatic heterocycles. The van der Waals surface area contributed by atoms with E-state index in [0.29, 0.717) is 22.1 Å². The van der Waals surface area contributed by atoms with Crippen molar-refractivity contribution in [2.45, 2.75) is 63.1 Å². The highest BCUT2D eigenvalue weighted by molar-refractivity contribution is 7.99. The average molecular weight is 426 g/mol. The summed E-state index contributed by atoms with van der Waals surface area (Å²) in [5.74, 6) is 1.22. The second-order valence-corrected chi connectivity index (χ2v) is 9.08. The van der Waals surface area contributed by atoms with Gasteiger partial charge in [0.1, 0.15) is 11.0 Å². The van der Waals surface area contributed by atoms with Gasteiger partial charge in [0, 0.05) is 38.3 Å². The van der Waals surface area contributed by atoms with Gasteiger partial charge < -0.3 is 15.1 Å². The maximum Gasteiger partial charge on any atom is 0.230 e. The zero-order valence-electron chi connectivity index (χ0n) is 16.8. The highest BCUT2D eigenvalue weighted by Gasteiger charge is 2.18. The smallest absolute Gasteiger partial charge is 0.230 e. The number of aromatic nitrogens is 2. The van der Waals surface area contributed by atoms with Crippen LogP contribution in [0.1, 0.15) is 51.9 Å². The van der Waals surface area contributed by atoms with Gasteiger partial charge >= 0.3 is 0 Å². The third-order valence-corrected chi connectivity index (χ3v) is 6.60. The molecule has 3 heterocycles. The highest BCUT2D eigenvalue weighted by atomic mass is 35.5. The molecule has 3 rings (SSSR count). The number of halogens is 1. The third-order valence-electron chi connectivity index (χ3n) is 5.56. The Bertz CT molecular complexity index is 641. The normalized spacial score (nSPS) is 20.9. The number of nitrogens with zero attached hydrogens (tertiary/aromatic N) is 4. The van der Waals surface area contributed by atoms with Crippen molar-refractivity contribution in [3.8, 4) is 0 Å². The molecule has 0 spiro atoms. The molecule has 0 aliphatic carbocycles. The summed E-state index contributed by atoms with van der Waals surface area (Å²) in [4.78, 5) is 25.8. The van der Waals surface area contributed by atoms with Crippen molar-refractivity contribution < 1.29 is 4.79 Å². The first-order valence-corrected chi connectivity index (χ1v) is 11.9. The van der Waals surface area contributed by atoms with Crippen molar-refractivity contribution in [3.63, 3.8) is 0 Å². The van der Waals surface area contributed by atoms with Crippen LogP contribution in [0.15, 0.2) is 11.2 Å². The van der Waals surface area contributed by atoms with Gasteiger partial charge in [-0.15, -0.1) is 0 Å². The summed E-state index contributed by atoms with van der Waals surface area (Å²) >= 11 is 7.53. The Kier molecular flexibility index (Phi) is 8.67. The van der Waals surface area contributed by atoms with Crippen molar-refractivity contribution >= 4 is 35.1 Å². The van der Waals surface area contributed by atoms with Crippen molar-refractivity contribution in [1.82, 2.24) is 20.2 Å². The summed E-state index contributed by atoms with van der Waals surface area (Å²) in [6.07, 6.45) is 8.57. The molecule has 28 heavy (non-hydrogen) atoms. The number of hydrogen-bond donors (Lipinski definition) is 1. The van der Waals surface area contributed by atoms with E-state index in [1.54, 1.807) is 0 Å². The lowest BCUT2D eigenvalue weighted by Crippen LogP contribution is -2.39. The monoisotopic (exact) mass is 425 g/mol. The maximum absolute atomic E-state index is 12.2. The van der Waals surface area contributed by atoms with E-state index in [4.69, 9.17) is 11.6 Å². The van der Waals surface area contributed by atoms with Crippen LogP contribution < -0.4 is 10.2 Å². The van der Waals surface area contributed by atoms with Gasteiger partial charge in [0.2, 0.25) is 5.91 Å². The van der Waals surface area contributed by atoms with Gasteiger partial charge in [0.15, 0.2) is 5.16 Å². The zero-order chi connectivity index (χ0) is 19.8. The molecule has 2 aliphatic rings. The van der Waals surface area contributed by atoms with Gasteiger partial charge in [-0.1, -0.05) is 29.8 Å². The Hall–Kier alpha value is -1.05. The Morgan fingerprint density at radius 3 is 2.79 bits per heavy atom. The van der Waals surface area contributed by atoms with Gasteiger partial charge in [0.25, 0.3) is 0 Å². The molecule has 0 aromatic carbocycles. The predicted octanol–water partition coefficient (Wildman–Crippen LogP) is 3.59. The van der Waals surface area contributed by atoms with E-state index in [1.165, 1.54) is 56.8 Å². The van der Waals surface area contributed by atoms with Crippen LogP contribution in [0.5, 0.6) is 0 Å². The van der Waals surface area contributed by atoms with Gasteiger partial charge in [0.05, 0.1) is 5.75 Å². The van der Waals surface area contributed by atoms with Gasteiger partial charge in [-0.05, 0) is 52.0 Å². The Balaban J connectivity index is 1.38. The number of hydrogen-bond acceptors (Lipinski definition) is 6. The van der Waals surface area contributed by atoms with E-state index in [9.17, 15) is 4.79 Å². The number of likely N-dealkylation sites (tertiary alicyclic amines) is 1. The molecule has 1 atom stereocenters. The van der Waals surface area contributed by atoms with E-state index in [0.717, 1.165) is 38.4 Å². The van der Waals surface area contributed by atoms with Crippen LogP contribution >= 0.6 is 23.4 Å². The fourth-order valence-electron chi connectivity index (χ4n) is 3.92. The number of nitrogens with one attached hydrogen (secondary N) is 1. The molecule has 2 saturated heterocycles. The molecule has 2 fully saturated rings. The first-order valence-electron chi connectivity index (χ1n) is 10.5. The number of rotatable bonds is 8. The highest BCUT2D eigenvalue weighted by Crippen LogP contribution is 2.24. The molecule has 1 amide bonds. The minimum atomic E-state index is 0.0276. The zero-order valence-corrected chi connectivity index (χ0v) is 18.4. The topological polar surface area (TPSA) is 61.4 Å². The van der Waals surface area contributed by atoms with E-state index in [1.807, 2.05) is 6.07 Å². The standard InChI is InChI=1S/C20H32ClN5OS/c1-16-8-3-6-10-25(16)13-7-9-22-19(27)15-28-20-23-17(21)14-18(24-20)26-11-4-2-5-12-26/h14,16H,2-13,15H2,1H3,(H,22,27). The van der Waals surface area contributed by atoms with Crippen molar-refractivity contribution in [2.75, 3.05) is 43.4 Å². The Labute approximate surface area is 177 Å². The van der Waals surface area contributed by atoms with Gasteiger partial charge in [-0.25, -0.2) is 9.97 Å². The predicted molar refractivity (Wildman–Crippen MR) is 116 cm³/mol. The van der Waals surface area contributed by atoms with Crippen molar-refractivity contribution in [3.05, 3.63) is 11.2 Å². The van der Waals surface area contributed by atoms with Crippen molar-refractivity contribution in [2.24, 2.45) is 0 Å². The van der Waals surface area contributed by atoms with E-state index in [2.05, 4.69) is 32.0 Å². The molecular weight excluding hydrogens is 394 g/mol. The first-order chi connectivity index (χ1) is 13.6. The molecule has 1 unspecified atom stereocenters. The van der Waals surface area contributed by atoms with Gasteiger partial charge in [-0.2, -0.15) is 0 Å². The van der Waals surface area contributed by atoms with Gasteiger partial charge in [-0.3, -0.25) is 4.79 Å². The van der Waals surface area contributed by atoms with E-state index >= 15 is 0 Å². The minimum absolute atomic E-state index is 0.0276. The second-order valence-electron chi connectivity index (χ2n) is 7.75. The van der Waals surface area contributed by atoms with E-state index < -0.39 is 0 Å². The lowest BCUT2D eigenvalue weighted by atomic mass is 10.0. The number of amides is 1. The van der Waals surface area contributed by atoms with Crippen LogP contribution in [0.25, 0.3) is 0 Å². The number of anilines is 1. The molecule has 0 radical (unpaired) electrons. The van der Waals surface area contributed by atoms with Crippen LogP contribution in [0.3, 0.4) is 0 Å². The fourth-order valence-corrected chi connectivity index (χ4v) is 4.83. The molecular formula is C20H32ClN5OS. The summed E-state index contributed by atoms with van der Waals surface area (Å²) in [5.41, 5.74) is 0. The number of carbonyl (C=O) groups is 1. The Morgan fingerprint density at radius 1 is 1.21 bits per heavy atom. The quantitative estimate of drug-likeness (QED) is 0.297. The summed E-state index contributed by atoms with van der Waals surface area (Å²) in [6.45, 7) is 7.29. The van der Waals surface area contributed by atoms with Crippen LogP contribution in [-0.2, 0) is 4.79 Å². The van der Waals surface area contributed by atoms with Crippen LogP contribution in [0.4, 0.5) is 5.82 Å². The third kappa shape index (κ3) is 6.78. The summed E-state index contributed by atoms with van der Waals surface area (Å²) in [5, 5.41) is 4.03. The van der Waals surface area contributed by atoms with Crippen LogP contribution in [0, 0.1) is 0 Å². The summed E-state index contributed by atoms with van der Waals surface area (Å²) in [7, 11) is 0. The molecule has 156 valence electrons.